The van der Waals surface area contributed by atoms with Crippen LogP contribution >= 0.6 is 0 Å². The molecular formula is C15H31N3O2. The van der Waals surface area contributed by atoms with E-state index in [0.717, 1.165) is 45.4 Å². The van der Waals surface area contributed by atoms with Crippen LogP contribution in [0.5, 0.6) is 0 Å². The second-order valence-corrected chi connectivity index (χ2v) is 6.50. The molecule has 0 saturated carbocycles. The lowest BCUT2D eigenvalue weighted by atomic mass is 9.84. The summed E-state index contributed by atoms with van der Waals surface area (Å²) >= 11 is 0. The molecule has 0 spiro atoms. The Balaban J connectivity index is 2.36. The van der Waals surface area contributed by atoms with E-state index in [1.54, 1.807) is 0 Å². The number of aliphatic hydroxyl groups is 1. The van der Waals surface area contributed by atoms with Gasteiger partial charge in [0.25, 0.3) is 0 Å². The number of rotatable bonds is 7. The first-order chi connectivity index (χ1) is 9.48. The zero-order valence-corrected chi connectivity index (χ0v) is 13.1. The predicted octanol–water partition coefficient (Wildman–Crippen LogP) is 0.668. The minimum Gasteiger partial charge on any atom is -0.395 e. The fourth-order valence-corrected chi connectivity index (χ4v) is 2.70. The van der Waals surface area contributed by atoms with Crippen LogP contribution < -0.4 is 5.73 Å². The Hall–Kier alpha value is -0.650. The molecule has 0 aromatic carbocycles. The number of carbonyl (C=O) groups excluding carboxylic acids is 1. The Morgan fingerprint density at radius 2 is 1.95 bits per heavy atom. The van der Waals surface area contributed by atoms with E-state index < -0.39 is 0 Å². The lowest BCUT2D eigenvalue weighted by Crippen LogP contribution is -2.36. The third-order valence-electron chi connectivity index (χ3n) is 4.19. The van der Waals surface area contributed by atoms with Crippen molar-refractivity contribution in [3.05, 3.63) is 0 Å². The van der Waals surface area contributed by atoms with Crippen molar-refractivity contribution >= 4 is 5.91 Å². The van der Waals surface area contributed by atoms with Gasteiger partial charge in [-0.3, -0.25) is 9.69 Å². The van der Waals surface area contributed by atoms with Crippen molar-refractivity contribution < 1.29 is 9.90 Å². The van der Waals surface area contributed by atoms with Crippen molar-refractivity contribution in [2.45, 2.75) is 39.5 Å². The zero-order chi connectivity index (χ0) is 15.0. The number of carbonyl (C=O) groups is 1. The molecule has 1 heterocycles. The summed E-state index contributed by atoms with van der Waals surface area (Å²) in [6.45, 7) is 9.43. The summed E-state index contributed by atoms with van der Waals surface area (Å²) in [5.74, 6) is 0.265. The van der Waals surface area contributed by atoms with Gasteiger partial charge in [-0.25, -0.2) is 0 Å². The van der Waals surface area contributed by atoms with E-state index in [2.05, 4.69) is 18.7 Å². The van der Waals surface area contributed by atoms with Gasteiger partial charge < -0.3 is 15.7 Å². The lowest BCUT2D eigenvalue weighted by Gasteiger charge is -2.26. The molecule has 1 amide bonds. The van der Waals surface area contributed by atoms with E-state index in [9.17, 15) is 4.79 Å². The third kappa shape index (κ3) is 6.20. The minimum absolute atomic E-state index is 0.152. The summed E-state index contributed by atoms with van der Waals surface area (Å²) < 4.78 is 0. The van der Waals surface area contributed by atoms with Crippen LogP contribution in [0.4, 0.5) is 0 Å². The highest BCUT2D eigenvalue weighted by atomic mass is 16.3. The quantitative estimate of drug-likeness (QED) is 0.721. The first kappa shape index (κ1) is 17.4. The van der Waals surface area contributed by atoms with Crippen LogP contribution in [0, 0.1) is 5.41 Å². The summed E-state index contributed by atoms with van der Waals surface area (Å²) in [5.41, 5.74) is 5.76. The molecule has 0 aliphatic carbocycles. The van der Waals surface area contributed by atoms with E-state index in [-0.39, 0.29) is 17.9 Å². The van der Waals surface area contributed by atoms with Crippen molar-refractivity contribution in [1.29, 1.82) is 0 Å². The van der Waals surface area contributed by atoms with E-state index in [0.29, 0.717) is 19.5 Å². The highest BCUT2D eigenvalue weighted by molar-refractivity contribution is 5.76. The summed E-state index contributed by atoms with van der Waals surface area (Å²) in [5, 5.41) is 8.98. The molecule has 20 heavy (non-hydrogen) atoms. The molecule has 1 rings (SSSR count). The minimum atomic E-state index is 0.152. The standard InChI is InChI=1S/C15H31N3O2/c1-15(2,6-7-16)5-4-14(20)18-9-3-8-17(10-11-18)12-13-19/h19H,3-13,16H2,1-2H3. The molecule has 118 valence electrons. The van der Waals surface area contributed by atoms with Crippen molar-refractivity contribution in [1.82, 2.24) is 9.80 Å². The monoisotopic (exact) mass is 285 g/mol. The van der Waals surface area contributed by atoms with Gasteiger partial charge >= 0.3 is 0 Å². The summed E-state index contributed by atoms with van der Waals surface area (Å²) in [7, 11) is 0. The number of nitrogens with zero attached hydrogens (tertiary/aromatic N) is 2. The molecule has 3 N–H and O–H groups in total. The predicted molar refractivity (Wildman–Crippen MR) is 81.4 cm³/mol. The van der Waals surface area contributed by atoms with Gasteiger partial charge in [0.2, 0.25) is 5.91 Å². The van der Waals surface area contributed by atoms with Gasteiger partial charge in [-0.05, 0) is 37.8 Å². The van der Waals surface area contributed by atoms with Gasteiger partial charge in [-0.2, -0.15) is 0 Å². The molecule has 0 aromatic rings. The van der Waals surface area contributed by atoms with E-state index >= 15 is 0 Å². The molecular weight excluding hydrogens is 254 g/mol. The molecule has 5 nitrogen and oxygen atoms in total. The Kier molecular flexibility index (Phi) is 7.48. The van der Waals surface area contributed by atoms with Gasteiger partial charge in [0.1, 0.15) is 0 Å². The van der Waals surface area contributed by atoms with Crippen molar-refractivity contribution in [3.8, 4) is 0 Å². The van der Waals surface area contributed by atoms with Crippen molar-refractivity contribution in [2.24, 2.45) is 11.1 Å². The van der Waals surface area contributed by atoms with Gasteiger partial charge in [0.15, 0.2) is 0 Å². The Bertz CT molecular complexity index is 295. The summed E-state index contributed by atoms with van der Waals surface area (Å²) in [4.78, 5) is 16.5. The fourth-order valence-electron chi connectivity index (χ4n) is 2.70. The maximum Gasteiger partial charge on any atom is 0.222 e. The number of hydrogen-bond donors (Lipinski definition) is 2. The van der Waals surface area contributed by atoms with Crippen LogP contribution in [0.15, 0.2) is 0 Å². The SMILES string of the molecule is CC(C)(CCN)CCC(=O)N1CCCN(CCO)CC1. The molecule has 0 radical (unpaired) electrons. The number of hydrogen-bond acceptors (Lipinski definition) is 4. The number of nitrogens with two attached hydrogens (primary N) is 1. The molecule has 1 saturated heterocycles. The molecule has 0 aromatic heterocycles. The second kappa shape index (κ2) is 8.60. The number of amides is 1. The molecule has 0 atom stereocenters. The van der Waals surface area contributed by atoms with Crippen LogP contribution in [0.1, 0.15) is 39.5 Å². The molecule has 1 fully saturated rings. The van der Waals surface area contributed by atoms with Crippen molar-refractivity contribution in [3.63, 3.8) is 0 Å². The van der Waals surface area contributed by atoms with Crippen LogP contribution in [0.3, 0.4) is 0 Å². The van der Waals surface area contributed by atoms with Crippen LogP contribution in [0.25, 0.3) is 0 Å². The first-order valence-electron chi connectivity index (χ1n) is 7.79. The average molecular weight is 285 g/mol. The maximum atomic E-state index is 12.3. The first-order valence-corrected chi connectivity index (χ1v) is 7.79. The van der Waals surface area contributed by atoms with E-state index in [1.165, 1.54) is 0 Å². The summed E-state index contributed by atoms with van der Waals surface area (Å²) in [6, 6.07) is 0. The number of β-amino-alcohol motifs (C(OH)–C–C–N with tert-alkyl or cyclic N) is 1. The van der Waals surface area contributed by atoms with Gasteiger partial charge in [-0.15, -0.1) is 0 Å². The highest BCUT2D eigenvalue weighted by Gasteiger charge is 2.22. The smallest absolute Gasteiger partial charge is 0.222 e. The molecule has 1 aliphatic rings. The van der Waals surface area contributed by atoms with Gasteiger partial charge in [-0.1, -0.05) is 13.8 Å². The normalized spacial score (nSPS) is 18.1. The zero-order valence-electron chi connectivity index (χ0n) is 13.1. The maximum absolute atomic E-state index is 12.3. The van der Waals surface area contributed by atoms with Gasteiger partial charge in [0, 0.05) is 32.6 Å². The largest absolute Gasteiger partial charge is 0.395 e. The third-order valence-corrected chi connectivity index (χ3v) is 4.19. The van der Waals surface area contributed by atoms with Crippen molar-refractivity contribution in [2.75, 3.05) is 45.9 Å². The molecule has 1 aliphatic heterocycles. The highest BCUT2D eigenvalue weighted by Crippen LogP contribution is 2.26. The van der Waals surface area contributed by atoms with Crippen LogP contribution in [-0.4, -0.2) is 66.7 Å². The van der Waals surface area contributed by atoms with Gasteiger partial charge in [0.05, 0.1) is 6.61 Å². The van der Waals surface area contributed by atoms with E-state index in [4.69, 9.17) is 10.8 Å². The summed E-state index contributed by atoms with van der Waals surface area (Å²) in [6.07, 6.45) is 3.48. The Morgan fingerprint density at radius 1 is 1.20 bits per heavy atom. The lowest BCUT2D eigenvalue weighted by molar-refractivity contribution is -0.131. The number of aliphatic hydroxyl groups excluding tert-OH is 1. The second-order valence-electron chi connectivity index (χ2n) is 6.50. The Labute approximate surface area is 123 Å². The molecule has 0 unspecified atom stereocenters. The Morgan fingerprint density at radius 3 is 2.60 bits per heavy atom. The molecule has 5 heteroatoms. The van der Waals surface area contributed by atoms with Crippen LogP contribution in [-0.2, 0) is 4.79 Å². The fraction of sp³-hybridized carbons (Fsp3) is 0.933. The van der Waals surface area contributed by atoms with E-state index in [1.807, 2.05) is 4.90 Å². The molecule has 0 bridgehead atoms. The average Bonchev–Trinajstić information content (AvgIpc) is 2.62. The topological polar surface area (TPSA) is 69.8 Å². The van der Waals surface area contributed by atoms with Crippen LogP contribution in [0.2, 0.25) is 0 Å².